The second-order valence-electron chi connectivity index (χ2n) is 11.3. The number of halogens is 2. The molecule has 2 aliphatic heterocycles. The van der Waals surface area contributed by atoms with Gasteiger partial charge in [0, 0.05) is 60.9 Å². The lowest BCUT2D eigenvalue weighted by atomic mass is 9.93. The summed E-state index contributed by atoms with van der Waals surface area (Å²) >= 11 is 0. The summed E-state index contributed by atoms with van der Waals surface area (Å²) in [6.45, 7) is 7.22. The van der Waals surface area contributed by atoms with Gasteiger partial charge in [-0.3, -0.25) is 4.79 Å². The molecule has 206 valence electrons. The van der Waals surface area contributed by atoms with Gasteiger partial charge in [0.2, 0.25) is 5.95 Å². The number of alkyl halides is 2. The average molecular weight is 547 g/mol. The van der Waals surface area contributed by atoms with Crippen LogP contribution in [-0.2, 0) is 9.73 Å². The average Bonchev–Trinajstić information content (AvgIpc) is 3.62. The number of amides is 1. The zero-order valence-corrected chi connectivity index (χ0v) is 23.0. The maximum Gasteiger partial charge on any atom is 0.258 e. The summed E-state index contributed by atoms with van der Waals surface area (Å²) in [5, 5.41) is 2.52. The zero-order chi connectivity index (χ0) is 27.3. The van der Waals surface area contributed by atoms with E-state index in [2.05, 4.69) is 20.2 Å². The van der Waals surface area contributed by atoms with Gasteiger partial charge in [-0.25, -0.2) is 22.8 Å². The minimum Gasteiger partial charge on any atom is -0.371 e. The van der Waals surface area contributed by atoms with Crippen LogP contribution in [0.2, 0.25) is 0 Å². The van der Waals surface area contributed by atoms with E-state index in [0.717, 1.165) is 25.9 Å². The van der Waals surface area contributed by atoms with Crippen LogP contribution in [0.4, 0.5) is 26.2 Å². The fourth-order valence-electron chi connectivity index (χ4n) is 5.30. The van der Waals surface area contributed by atoms with Crippen molar-refractivity contribution >= 4 is 33.1 Å². The van der Waals surface area contributed by atoms with Crippen molar-refractivity contribution in [2.45, 2.75) is 75.4 Å². The third-order valence-corrected chi connectivity index (χ3v) is 10.5. The predicted octanol–water partition coefficient (Wildman–Crippen LogP) is 5.47. The molecule has 11 heteroatoms. The van der Waals surface area contributed by atoms with Crippen molar-refractivity contribution in [1.82, 2.24) is 9.97 Å². The van der Waals surface area contributed by atoms with Gasteiger partial charge in [-0.15, -0.1) is 0 Å². The van der Waals surface area contributed by atoms with Crippen LogP contribution in [0.5, 0.6) is 0 Å². The minimum absolute atomic E-state index is 0.147. The molecule has 1 aliphatic carbocycles. The van der Waals surface area contributed by atoms with E-state index >= 15 is 0 Å². The van der Waals surface area contributed by atoms with Gasteiger partial charge in [0.25, 0.3) is 11.8 Å². The van der Waals surface area contributed by atoms with E-state index in [0.29, 0.717) is 39.0 Å². The first-order chi connectivity index (χ1) is 17.9. The summed E-state index contributed by atoms with van der Waals surface area (Å²) in [4.78, 5) is 26.8. The fraction of sp³-hybridized carbons (Fsp3) is 0.593. The van der Waals surface area contributed by atoms with Gasteiger partial charge in [0.15, 0.2) is 0 Å². The Morgan fingerprint density at radius 3 is 2.24 bits per heavy atom. The Bertz CT molecular complexity index is 1320. The highest BCUT2D eigenvalue weighted by atomic mass is 32.2. The molecule has 1 amide bonds. The van der Waals surface area contributed by atoms with Crippen LogP contribution in [0.15, 0.2) is 29.2 Å². The normalized spacial score (nSPS) is 21.8. The van der Waals surface area contributed by atoms with E-state index in [9.17, 15) is 17.8 Å². The van der Waals surface area contributed by atoms with Crippen molar-refractivity contribution in [3.05, 3.63) is 35.5 Å². The lowest BCUT2D eigenvalue weighted by Crippen LogP contribution is -2.40. The highest BCUT2D eigenvalue weighted by molar-refractivity contribution is 7.93. The Morgan fingerprint density at radius 1 is 1.00 bits per heavy atom. The highest BCUT2D eigenvalue weighted by Gasteiger charge is 2.44. The number of aromatic nitrogens is 2. The van der Waals surface area contributed by atoms with E-state index in [-0.39, 0.29) is 37.1 Å². The molecular weight excluding hydrogens is 510 g/mol. The Balaban J connectivity index is 1.42. The third kappa shape index (κ3) is 5.48. The van der Waals surface area contributed by atoms with Crippen LogP contribution in [0, 0.1) is 17.1 Å². The number of hydrogen-bond donors (Lipinski definition) is 2. The number of rotatable bonds is 6. The largest absolute Gasteiger partial charge is 0.371 e. The second kappa shape index (κ2) is 9.73. The molecule has 1 aromatic heterocycles. The van der Waals surface area contributed by atoms with Crippen molar-refractivity contribution in [2.24, 2.45) is 5.41 Å². The number of nitrogens with zero attached hydrogens (tertiary/aromatic N) is 4. The molecule has 2 aromatic rings. The summed E-state index contributed by atoms with van der Waals surface area (Å²) in [6, 6.07) is 6.67. The molecule has 3 heterocycles. The smallest absolute Gasteiger partial charge is 0.258 e. The number of hydrogen-bond acceptors (Lipinski definition) is 7. The van der Waals surface area contributed by atoms with Crippen molar-refractivity contribution in [1.29, 1.82) is 4.78 Å². The molecule has 38 heavy (non-hydrogen) atoms. The van der Waals surface area contributed by atoms with E-state index in [1.807, 2.05) is 0 Å². The van der Waals surface area contributed by atoms with Crippen LogP contribution >= 0.6 is 0 Å². The molecule has 0 bridgehead atoms. The number of carbonyl (C=O) groups is 1. The number of piperidine rings is 2. The topological polar surface area (TPSA) is 102 Å². The SMILES string of the molecule is Cc1cc(NC(=O)c2ccc(S(=N)(=O)C(C)C)cc2N2CCC3(CC2)CC3)nc(N2CCC(F)(F)CC2)n1. The van der Waals surface area contributed by atoms with Gasteiger partial charge < -0.3 is 15.1 Å². The number of nitrogens with one attached hydrogen (secondary N) is 2. The van der Waals surface area contributed by atoms with Crippen molar-refractivity contribution < 1.29 is 17.8 Å². The van der Waals surface area contributed by atoms with Gasteiger partial charge >= 0.3 is 0 Å². The van der Waals surface area contributed by atoms with Crippen LogP contribution in [0.1, 0.15) is 68.4 Å². The fourth-order valence-corrected chi connectivity index (χ4v) is 6.40. The summed E-state index contributed by atoms with van der Waals surface area (Å²) in [7, 11) is -3.02. The molecular formula is C27H36F2N6O2S. The van der Waals surface area contributed by atoms with Gasteiger partial charge in [0.05, 0.1) is 21.0 Å². The summed E-state index contributed by atoms with van der Waals surface area (Å²) in [5.41, 5.74) is 2.18. The molecule has 1 aromatic carbocycles. The predicted molar refractivity (Wildman–Crippen MR) is 145 cm³/mol. The van der Waals surface area contributed by atoms with Gasteiger partial charge in [-0.2, -0.15) is 4.98 Å². The van der Waals surface area contributed by atoms with Gasteiger partial charge in [-0.1, -0.05) is 0 Å². The molecule has 1 atom stereocenters. The molecule has 1 spiro atoms. The first-order valence-electron chi connectivity index (χ1n) is 13.3. The van der Waals surface area contributed by atoms with Crippen molar-refractivity contribution in [3.63, 3.8) is 0 Å². The maximum absolute atomic E-state index is 13.6. The van der Waals surface area contributed by atoms with E-state index in [4.69, 9.17) is 4.78 Å². The molecule has 1 saturated carbocycles. The molecule has 2 saturated heterocycles. The minimum atomic E-state index is -3.02. The quantitative estimate of drug-likeness (QED) is 0.498. The number of aryl methyl sites for hydroxylation is 1. The first-order valence-corrected chi connectivity index (χ1v) is 15.0. The lowest BCUT2D eigenvalue weighted by molar-refractivity contribution is -0.0222. The van der Waals surface area contributed by atoms with E-state index in [1.54, 1.807) is 49.9 Å². The summed E-state index contributed by atoms with van der Waals surface area (Å²) in [6.07, 6.45) is 4.12. The molecule has 1 unspecified atom stereocenters. The molecule has 8 nitrogen and oxygen atoms in total. The molecule has 5 rings (SSSR count). The van der Waals surface area contributed by atoms with Crippen LogP contribution in [-0.4, -0.2) is 57.4 Å². The van der Waals surface area contributed by atoms with Crippen molar-refractivity contribution in [3.8, 4) is 0 Å². The van der Waals surface area contributed by atoms with Gasteiger partial charge in [-0.05, 0) is 70.1 Å². The lowest BCUT2D eigenvalue weighted by Gasteiger charge is -2.35. The summed E-state index contributed by atoms with van der Waals surface area (Å²) < 4.78 is 48.9. The maximum atomic E-state index is 13.6. The zero-order valence-electron chi connectivity index (χ0n) is 22.2. The number of benzene rings is 1. The Hall–Kier alpha value is -2.82. The Kier molecular flexibility index (Phi) is 6.86. The second-order valence-corrected chi connectivity index (χ2v) is 13.9. The Morgan fingerprint density at radius 2 is 1.63 bits per heavy atom. The van der Waals surface area contributed by atoms with Crippen LogP contribution < -0.4 is 15.1 Å². The third-order valence-electron chi connectivity index (χ3n) is 8.21. The monoisotopic (exact) mass is 546 g/mol. The highest BCUT2D eigenvalue weighted by Crippen LogP contribution is 2.54. The van der Waals surface area contributed by atoms with E-state index in [1.165, 1.54) is 12.8 Å². The molecule has 2 N–H and O–H groups in total. The van der Waals surface area contributed by atoms with E-state index < -0.39 is 15.7 Å². The number of carbonyl (C=O) groups excluding carboxylic acids is 1. The standard InChI is InChI=1S/C27H36F2N6O2S/c1-18(2)38(30,37)20-4-5-21(22(17-20)34-12-8-26(6-7-26)9-13-34)24(36)32-23-16-19(3)31-25(33-23)35-14-10-27(28,29)11-15-35/h4-5,16-18,30H,6-15H2,1-3H3,(H,31,32,33,36). The molecule has 0 radical (unpaired) electrons. The Labute approximate surface area is 223 Å². The van der Waals surface area contributed by atoms with Crippen LogP contribution in [0.25, 0.3) is 0 Å². The van der Waals surface area contributed by atoms with Crippen molar-refractivity contribution in [2.75, 3.05) is 41.3 Å². The number of anilines is 3. The van der Waals surface area contributed by atoms with Gasteiger partial charge in [0.1, 0.15) is 5.82 Å². The van der Waals surface area contributed by atoms with Crippen LogP contribution in [0.3, 0.4) is 0 Å². The summed E-state index contributed by atoms with van der Waals surface area (Å²) in [5.74, 6) is -2.42. The molecule has 3 fully saturated rings. The first kappa shape index (κ1) is 26.8. The molecule has 3 aliphatic rings.